The van der Waals surface area contributed by atoms with E-state index in [0.29, 0.717) is 30.1 Å². The van der Waals surface area contributed by atoms with Crippen LogP contribution in [0.3, 0.4) is 0 Å². The number of furan rings is 1. The van der Waals surface area contributed by atoms with Gasteiger partial charge in [-0.3, -0.25) is 4.90 Å². The second kappa shape index (κ2) is 5.54. The fourth-order valence-electron chi connectivity index (χ4n) is 2.40. The van der Waals surface area contributed by atoms with Gasteiger partial charge in [-0.05, 0) is 38.6 Å². The van der Waals surface area contributed by atoms with Crippen molar-refractivity contribution in [3.8, 4) is 11.7 Å². The minimum absolute atomic E-state index is 0.437. The van der Waals surface area contributed by atoms with Gasteiger partial charge >= 0.3 is 0 Å². The lowest BCUT2D eigenvalue weighted by atomic mass is 10.2. The van der Waals surface area contributed by atoms with Crippen molar-refractivity contribution in [2.24, 2.45) is 0 Å². The highest BCUT2D eigenvalue weighted by molar-refractivity contribution is 5.42. The second-order valence-corrected chi connectivity index (χ2v) is 4.97. The first-order valence-electron chi connectivity index (χ1n) is 6.59. The Kier molecular flexibility index (Phi) is 3.61. The minimum atomic E-state index is 0.437. The molecule has 2 aromatic rings. The highest BCUT2D eigenvalue weighted by atomic mass is 16.4. The number of rotatable bonds is 5. The van der Waals surface area contributed by atoms with Gasteiger partial charge in [-0.2, -0.15) is 0 Å². The SMILES string of the molecule is CN(Cc1nnc(-c2ccco2)o1)CC1CCCN1. The van der Waals surface area contributed by atoms with Crippen molar-refractivity contribution in [1.29, 1.82) is 0 Å². The molecule has 1 saturated heterocycles. The van der Waals surface area contributed by atoms with Crippen molar-refractivity contribution >= 4 is 0 Å². The first kappa shape index (κ1) is 12.4. The lowest BCUT2D eigenvalue weighted by Crippen LogP contribution is -2.35. The molecule has 1 atom stereocenters. The van der Waals surface area contributed by atoms with Crippen LogP contribution in [0.5, 0.6) is 0 Å². The summed E-state index contributed by atoms with van der Waals surface area (Å²) in [6.07, 6.45) is 4.10. The molecular formula is C13H18N4O2. The zero-order valence-corrected chi connectivity index (χ0v) is 11.0. The summed E-state index contributed by atoms with van der Waals surface area (Å²) in [7, 11) is 2.07. The van der Waals surface area contributed by atoms with Crippen LogP contribution in [0, 0.1) is 0 Å². The molecule has 3 heterocycles. The Morgan fingerprint density at radius 1 is 1.47 bits per heavy atom. The Balaban J connectivity index is 1.57. The Hall–Kier alpha value is -1.66. The van der Waals surface area contributed by atoms with Crippen LogP contribution in [-0.2, 0) is 6.54 Å². The summed E-state index contributed by atoms with van der Waals surface area (Å²) in [4.78, 5) is 2.20. The van der Waals surface area contributed by atoms with Gasteiger partial charge in [0.2, 0.25) is 5.89 Å². The summed E-state index contributed by atoms with van der Waals surface area (Å²) in [5, 5.41) is 11.5. The van der Waals surface area contributed by atoms with Crippen LogP contribution in [-0.4, -0.2) is 41.3 Å². The Labute approximate surface area is 111 Å². The number of aromatic nitrogens is 2. The molecule has 0 radical (unpaired) electrons. The molecule has 19 heavy (non-hydrogen) atoms. The summed E-state index contributed by atoms with van der Waals surface area (Å²) < 4.78 is 10.8. The molecule has 0 spiro atoms. The Morgan fingerprint density at radius 2 is 2.42 bits per heavy atom. The minimum Gasteiger partial charge on any atom is -0.459 e. The molecule has 1 aliphatic heterocycles. The van der Waals surface area contributed by atoms with E-state index in [1.54, 1.807) is 12.3 Å². The summed E-state index contributed by atoms with van der Waals surface area (Å²) in [6, 6.07) is 4.19. The zero-order valence-electron chi connectivity index (χ0n) is 11.0. The molecule has 1 unspecified atom stereocenters. The van der Waals surface area contributed by atoms with Gasteiger partial charge in [0, 0.05) is 12.6 Å². The molecule has 0 bridgehead atoms. The molecule has 1 aliphatic rings. The average molecular weight is 262 g/mol. The highest BCUT2D eigenvalue weighted by Crippen LogP contribution is 2.18. The third kappa shape index (κ3) is 3.02. The van der Waals surface area contributed by atoms with E-state index >= 15 is 0 Å². The summed E-state index contributed by atoms with van der Waals surface area (Å²) in [6.45, 7) is 2.78. The normalized spacial score (nSPS) is 19.4. The van der Waals surface area contributed by atoms with Gasteiger partial charge in [0.1, 0.15) is 0 Å². The van der Waals surface area contributed by atoms with Crippen molar-refractivity contribution in [3.63, 3.8) is 0 Å². The lowest BCUT2D eigenvalue weighted by Gasteiger charge is -2.19. The molecule has 1 N–H and O–H groups in total. The van der Waals surface area contributed by atoms with E-state index in [1.165, 1.54) is 12.8 Å². The topological polar surface area (TPSA) is 67.3 Å². The van der Waals surface area contributed by atoms with Crippen molar-refractivity contribution in [2.45, 2.75) is 25.4 Å². The third-order valence-corrected chi connectivity index (χ3v) is 3.30. The lowest BCUT2D eigenvalue weighted by molar-refractivity contribution is 0.265. The summed E-state index contributed by atoms with van der Waals surface area (Å²) in [5.74, 6) is 1.66. The van der Waals surface area contributed by atoms with Crippen molar-refractivity contribution < 1.29 is 8.83 Å². The fraction of sp³-hybridized carbons (Fsp3) is 0.538. The van der Waals surface area contributed by atoms with Crippen LogP contribution >= 0.6 is 0 Å². The van der Waals surface area contributed by atoms with E-state index in [2.05, 4.69) is 27.5 Å². The zero-order chi connectivity index (χ0) is 13.1. The van der Waals surface area contributed by atoms with E-state index in [4.69, 9.17) is 8.83 Å². The molecule has 2 aromatic heterocycles. The molecule has 6 heteroatoms. The van der Waals surface area contributed by atoms with Crippen LogP contribution in [0.1, 0.15) is 18.7 Å². The van der Waals surface area contributed by atoms with Gasteiger partial charge in [0.15, 0.2) is 5.76 Å². The monoisotopic (exact) mass is 262 g/mol. The van der Waals surface area contributed by atoms with E-state index < -0.39 is 0 Å². The fourth-order valence-corrected chi connectivity index (χ4v) is 2.40. The molecule has 0 aromatic carbocycles. The maximum absolute atomic E-state index is 5.59. The average Bonchev–Trinajstić information content (AvgIpc) is 3.09. The first-order valence-corrected chi connectivity index (χ1v) is 6.59. The maximum atomic E-state index is 5.59. The highest BCUT2D eigenvalue weighted by Gasteiger charge is 2.18. The molecular weight excluding hydrogens is 244 g/mol. The number of hydrogen-bond donors (Lipinski definition) is 1. The van der Waals surface area contributed by atoms with Gasteiger partial charge in [-0.1, -0.05) is 0 Å². The Morgan fingerprint density at radius 3 is 3.16 bits per heavy atom. The van der Waals surface area contributed by atoms with Gasteiger partial charge in [-0.15, -0.1) is 10.2 Å². The predicted molar refractivity (Wildman–Crippen MR) is 69.4 cm³/mol. The smallest absolute Gasteiger partial charge is 0.283 e. The van der Waals surface area contributed by atoms with E-state index in [1.807, 2.05) is 6.07 Å². The number of nitrogens with zero attached hydrogens (tertiary/aromatic N) is 3. The van der Waals surface area contributed by atoms with Crippen LogP contribution in [0.15, 0.2) is 27.2 Å². The largest absolute Gasteiger partial charge is 0.459 e. The second-order valence-electron chi connectivity index (χ2n) is 4.97. The Bertz CT molecular complexity index is 502. The van der Waals surface area contributed by atoms with Crippen LogP contribution in [0.4, 0.5) is 0 Å². The van der Waals surface area contributed by atoms with Crippen molar-refractivity contribution in [3.05, 3.63) is 24.3 Å². The van der Waals surface area contributed by atoms with E-state index in [-0.39, 0.29) is 0 Å². The van der Waals surface area contributed by atoms with Crippen LogP contribution in [0.2, 0.25) is 0 Å². The molecule has 3 rings (SSSR count). The van der Waals surface area contributed by atoms with Gasteiger partial charge in [0.05, 0.1) is 12.8 Å². The predicted octanol–water partition coefficient (Wildman–Crippen LogP) is 1.51. The standard InChI is InChI=1S/C13H18N4O2/c1-17(8-10-4-2-6-14-10)9-12-15-16-13(19-12)11-5-3-7-18-11/h3,5,7,10,14H,2,4,6,8-9H2,1H3. The van der Waals surface area contributed by atoms with Gasteiger partial charge in [-0.25, -0.2) is 0 Å². The van der Waals surface area contributed by atoms with Crippen molar-refractivity contribution in [1.82, 2.24) is 20.4 Å². The number of hydrogen-bond acceptors (Lipinski definition) is 6. The van der Waals surface area contributed by atoms with Crippen LogP contribution < -0.4 is 5.32 Å². The molecule has 1 fully saturated rings. The maximum Gasteiger partial charge on any atom is 0.283 e. The molecule has 0 amide bonds. The molecule has 0 aliphatic carbocycles. The van der Waals surface area contributed by atoms with Gasteiger partial charge in [0.25, 0.3) is 5.89 Å². The first-order chi connectivity index (χ1) is 9.31. The van der Waals surface area contributed by atoms with E-state index in [0.717, 1.165) is 13.1 Å². The summed E-state index contributed by atoms with van der Waals surface area (Å²) in [5.41, 5.74) is 0. The van der Waals surface area contributed by atoms with E-state index in [9.17, 15) is 0 Å². The molecule has 0 saturated carbocycles. The summed E-state index contributed by atoms with van der Waals surface area (Å²) >= 11 is 0. The molecule has 6 nitrogen and oxygen atoms in total. The number of nitrogens with one attached hydrogen (secondary N) is 1. The third-order valence-electron chi connectivity index (χ3n) is 3.30. The quantitative estimate of drug-likeness (QED) is 0.881. The van der Waals surface area contributed by atoms with Crippen LogP contribution in [0.25, 0.3) is 11.7 Å². The van der Waals surface area contributed by atoms with Crippen molar-refractivity contribution in [2.75, 3.05) is 20.1 Å². The number of likely N-dealkylation sites (N-methyl/N-ethyl adjacent to an activating group) is 1. The molecule has 102 valence electrons. The van der Waals surface area contributed by atoms with Gasteiger partial charge < -0.3 is 14.2 Å².